The number of hydrogen-bond acceptors (Lipinski definition) is 9. The Morgan fingerprint density at radius 1 is 0.854 bits per heavy atom. The van der Waals surface area contributed by atoms with E-state index < -0.39 is 59.1 Å². The van der Waals surface area contributed by atoms with Gasteiger partial charge in [0.25, 0.3) is 5.91 Å². The fourth-order valence-electron chi connectivity index (χ4n) is 4.94. The second-order valence-corrected chi connectivity index (χ2v) is 11.6. The topological polar surface area (TPSA) is 132 Å². The number of rotatable bonds is 9. The maximum Gasteiger partial charge on any atom is 0.261 e. The van der Waals surface area contributed by atoms with Crippen LogP contribution in [0.4, 0.5) is 27.6 Å². The molecule has 1 aliphatic rings. The molecule has 48 heavy (non-hydrogen) atoms. The van der Waals surface area contributed by atoms with Crippen LogP contribution < -0.4 is 5.32 Å². The molecule has 0 unspecified atom stereocenters. The summed E-state index contributed by atoms with van der Waals surface area (Å²) in [7, 11) is 0. The van der Waals surface area contributed by atoms with Gasteiger partial charge < -0.3 is 25.0 Å². The molecule has 16 heteroatoms. The molecule has 1 amide bonds. The van der Waals surface area contributed by atoms with Gasteiger partial charge in [0.05, 0.1) is 24.5 Å². The first-order valence-electron chi connectivity index (χ1n) is 14.3. The fourth-order valence-corrected chi connectivity index (χ4v) is 5.84. The van der Waals surface area contributed by atoms with Gasteiger partial charge in [-0.25, -0.2) is 22.0 Å². The number of tetrazole rings is 1. The highest BCUT2D eigenvalue weighted by atomic mass is 32.2. The normalized spacial score (nSPS) is 17.8. The number of aromatic hydroxyl groups is 1. The maximum absolute atomic E-state index is 14.1. The molecular formula is C32H24F5N5O5S. The van der Waals surface area contributed by atoms with Crippen molar-refractivity contribution in [1.82, 2.24) is 20.2 Å². The van der Waals surface area contributed by atoms with Gasteiger partial charge >= 0.3 is 0 Å². The molecule has 2 heterocycles. The van der Waals surface area contributed by atoms with Gasteiger partial charge in [-0.1, -0.05) is 48.2 Å². The average Bonchev–Trinajstić information content (AvgIpc) is 3.58. The van der Waals surface area contributed by atoms with Gasteiger partial charge in [-0.05, 0) is 58.0 Å². The number of hydrogen-bond donors (Lipinski definition) is 3. The minimum Gasteiger partial charge on any atom is -0.508 e. The number of thioether (sulfide) groups is 1. The summed E-state index contributed by atoms with van der Waals surface area (Å²) in [6.07, 6.45) is -1.31. The predicted molar refractivity (Wildman–Crippen MR) is 161 cm³/mol. The van der Waals surface area contributed by atoms with Gasteiger partial charge in [0.15, 0.2) is 29.6 Å². The van der Waals surface area contributed by atoms with Crippen LogP contribution in [0.3, 0.4) is 0 Å². The van der Waals surface area contributed by atoms with Crippen molar-refractivity contribution in [3.8, 4) is 11.4 Å². The number of nitrogens with one attached hydrogen (secondary N) is 1. The number of ether oxygens (including phenoxy) is 2. The molecule has 4 aromatic carbocycles. The number of carbonyl (C=O) groups excluding carboxylic acids is 1. The van der Waals surface area contributed by atoms with Crippen molar-refractivity contribution >= 4 is 23.4 Å². The van der Waals surface area contributed by atoms with Crippen LogP contribution in [0.25, 0.3) is 5.69 Å². The Kier molecular flexibility index (Phi) is 9.68. The summed E-state index contributed by atoms with van der Waals surface area (Å²) in [6.45, 7) is -0.125. The number of amides is 1. The van der Waals surface area contributed by atoms with Gasteiger partial charge in [-0.2, -0.15) is 4.68 Å². The third kappa shape index (κ3) is 6.87. The van der Waals surface area contributed by atoms with Crippen molar-refractivity contribution in [3.63, 3.8) is 0 Å². The number of aliphatic hydroxyl groups is 1. The van der Waals surface area contributed by atoms with Crippen LogP contribution in [0.15, 0.2) is 78.0 Å². The average molecular weight is 686 g/mol. The Labute approximate surface area is 273 Å². The van der Waals surface area contributed by atoms with Crippen LogP contribution in [-0.4, -0.2) is 48.2 Å². The van der Waals surface area contributed by atoms with Gasteiger partial charge in [0, 0.05) is 23.4 Å². The standard InChI is InChI=1S/C32H24F5N5O5S/c33-25-24(26(34)28(36)29(37)27(25)35)30(45)38-19-7-5-18(6-8-19)31-46-22(13-23(47-31)17-3-1-16(14-43)2-4-17)15-48-32-39-40-41-42(32)20-9-11-21(44)12-10-20/h1-12,22-23,31,43-44H,13-15H2,(H,38,45)/t22-,23+,31+/m0/s1. The second-order valence-electron chi connectivity index (χ2n) is 10.6. The molecule has 3 N–H and O–H groups in total. The third-order valence-electron chi connectivity index (χ3n) is 7.43. The highest BCUT2D eigenvalue weighted by Crippen LogP contribution is 2.39. The molecule has 1 saturated heterocycles. The van der Waals surface area contributed by atoms with Gasteiger partial charge in [0.2, 0.25) is 11.0 Å². The van der Waals surface area contributed by atoms with Crippen molar-refractivity contribution in [3.05, 3.63) is 124 Å². The van der Waals surface area contributed by atoms with E-state index in [2.05, 4.69) is 20.8 Å². The molecule has 0 radical (unpaired) electrons. The predicted octanol–water partition coefficient (Wildman–Crippen LogP) is 6.15. The lowest BCUT2D eigenvalue weighted by atomic mass is 10.0. The second kappa shape index (κ2) is 14.1. The molecule has 1 aliphatic heterocycles. The number of nitrogens with zero attached hydrogens (tertiary/aromatic N) is 4. The summed E-state index contributed by atoms with van der Waals surface area (Å²) >= 11 is 1.34. The first-order chi connectivity index (χ1) is 23.1. The molecule has 0 bridgehead atoms. The van der Waals surface area contributed by atoms with Crippen LogP contribution in [0.5, 0.6) is 5.75 Å². The SMILES string of the molecule is O=C(Nc1ccc([C@@H]2O[C@H](CSc3nnnn3-c3ccc(O)cc3)C[C@H](c3ccc(CO)cc3)O2)cc1)c1c(F)c(F)c(F)c(F)c1F. The number of aliphatic hydroxyl groups excluding tert-OH is 1. The van der Waals surface area contributed by atoms with Crippen molar-refractivity contribution in [2.24, 2.45) is 0 Å². The number of benzene rings is 4. The lowest BCUT2D eigenvalue weighted by Gasteiger charge is -2.36. The monoisotopic (exact) mass is 685 g/mol. The van der Waals surface area contributed by atoms with Gasteiger partial charge in [-0.15, -0.1) is 5.10 Å². The Morgan fingerprint density at radius 2 is 1.48 bits per heavy atom. The first kappa shape index (κ1) is 33.0. The van der Waals surface area contributed by atoms with Crippen molar-refractivity contribution < 1.29 is 46.4 Å². The number of carbonyl (C=O) groups is 1. The summed E-state index contributed by atoms with van der Waals surface area (Å²) in [4.78, 5) is 12.5. The Morgan fingerprint density at radius 3 is 2.12 bits per heavy atom. The van der Waals surface area contributed by atoms with Crippen LogP contribution in [-0.2, 0) is 16.1 Å². The van der Waals surface area contributed by atoms with E-state index in [1.165, 1.54) is 52.8 Å². The number of aromatic nitrogens is 4. The quantitative estimate of drug-likeness (QED) is 0.0724. The van der Waals surface area contributed by atoms with Crippen molar-refractivity contribution in [1.29, 1.82) is 0 Å². The molecule has 1 fully saturated rings. The number of anilines is 1. The molecule has 248 valence electrons. The van der Waals surface area contributed by atoms with E-state index in [0.29, 0.717) is 28.6 Å². The smallest absolute Gasteiger partial charge is 0.261 e. The van der Waals surface area contributed by atoms with E-state index in [4.69, 9.17) is 9.47 Å². The van der Waals surface area contributed by atoms with Crippen molar-refractivity contribution in [2.75, 3.05) is 11.1 Å². The van der Waals surface area contributed by atoms with E-state index in [1.807, 2.05) is 12.1 Å². The fraction of sp³-hybridized carbons (Fsp3) is 0.188. The van der Waals surface area contributed by atoms with Crippen LogP contribution in [0.2, 0.25) is 0 Å². The summed E-state index contributed by atoms with van der Waals surface area (Å²) in [5.41, 5.74) is 1.09. The summed E-state index contributed by atoms with van der Waals surface area (Å²) in [6, 6.07) is 19.4. The zero-order valence-corrected chi connectivity index (χ0v) is 25.3. The zero-order valence-electron chi connectivity index (χ0n) is 24.5. The van der Waals surface area contributed by atoms with E-state index in [9.17, 15) is 37.0 Å². The minimum atomic E-state index is -2.37. The summed E-state index contributed by atoms with van der Waals surface area (Å²) in [5.74, 6) is -12.4. The van der Waals surface area contributed by atoms with Crippen LogP contribution in [0.1, 0.15) is 45.9 Å². The Bertz CT molecular complexity index is 1900. The summed E-state index contributed by atoms with van der Waals surface area (Å²) < 4.78 is 83.1. The highest BCUT2D eigenvalue weighted by Gasteiger charge is 2.33. The number of halogens is 5. The van der Waals surface area contributed by atoms with Crippen molar-refractivity contribution in [2.45, 2.75) is 36.7 Å². The van der Waals surface area contributed by atoms with Crippen LogP contribution in [0, 0.1) is 29.1 Å². The molecule has 1 aromatic heterocycles. The molecule has 3 atom stereocenters. The zero-order chi connectivity index (χ0) is 33.9. The minimum absolute atomic E-state index is 0.00724. The maximum atomic E-state index is 14.1. The summed E-state index contributed by atoms with van der Waals surface area (Å²) in [5, 5.41) is 33.6. The molecule has 6 rings (SSSR count). The first-order valence-corrected chi connectivity index (χ1v) is 15.3. The largest absolute Gasteiger partial charge is 0.508 e. The molecular weight excluding hydrogens is 661 g/mol. The Hall–Kier alpha value is -4.90. The third-order valence-corrected chi connectivity index (χ3v) is 8.48. The van der Waals surface area contributed by atoms with E-state index in [1.54, 1.807) is 24.3 Å². The Balaban J connectivity index is 1.20. The molecule has 0 spiro atoms. The lowest BCUT2D eigenvalue weighted by molar-refractivity contribution is -0.245. The van der Waals surface area contributed by atoms with E-state index in [-0.39, 0.29) is 18.0 Å². The van der Waals surface area contributed by atoms with Gasteiger partial charge in [-0.3, -0.25) is 4.79 Å². The number of phenolic OH excluding ortho intramolecular Hbond substituents is 1. The molecule has 10 nitrogen and oxygen atoms in total. The highest BCUT2D eigenvalue weighted by molar-refractivity contribution is 7.99. The van der Waals surface area contributed by atoms with E-state index in [0.717, 1.165) is 11.1 Å². The van der Waals surface area contributed by atoms with Gasteiger partial charge in [0.1, 0.15) is 11.3 Å². The molecule has 0 saturated carbocycles. The molecule has 5 aromatic rings. The lowest BCUT2D eigenvalue weighted by Crippen LogP contribution is -2.31. The van der Waals surface area contributed by atoms with Crippen LogP contribution >= 0.6 is 11.8 Å². The number of phenols is 1. The molecule has 0 aliphatic carbocycles. The van der Waals surface area contributed by atoms with E-state index >= 15 is 0 Å².